The standard InChI is InChI=1S/C14H10Cl2F2IN/c1-20-14(9-4-7(15)2-3-13(9)19)8-5-11(17)12(18)6-10(8)16/h2-6,14,20H,1H3. The Morgan fingerprint density at radius 1 is 1.05 bits per heavy atom. The molecule has 0 amide bonds. The van der Waals surface area contributed by atoms with Crippen LogP contribution in [0, 0.1) is 15.2 Å². The molecule has 106 valence electrons. The van der Waals surface area contributed by atoms with Crippen LogP contribution in [0.25, 0.3) is 0 Å². The Balaban J connectivity index is 2.58. The molecule has 0 fully saturated rings. The van der Waals surface area contributed by atoms with Crippen LogP contribution in [0.4, 0.5) is 8.78 Å². The molecule has 2 aromatic carbocycles. The van der Waals surface area contributed by atoms with Crippen LogP contribution in [0.3, 0.4) is 0 Å². The van der Waals surface area contributed by atoms with Crippen molar-refractivity contribution in [2.75, 3.05) is 7.05 Å². The molecule has 2 aromatic rings. The Kier molecular flexibility index (Phi) is 5.23. The van der Waals surface area contributed by atoms with E-state index in [9.17, 15) is 8.78 Å². The Labute approximate surface area is 139 Å². The van der Waals surface area contributed by atoms with E-state index in [4.69, 9.17) is 23.2 Å². The van der Waals surface area contributed by atoms with Gasteiger partial charge in [-0.3, -0.25) is 0 Å². The van der Waals surface area contributed by atoms with Crippen LogP contribution in [0.1, 0.15) is 17.2 Å². The van der Waals surface area contributed by atoms with Crippen molar-refractivity contribution in [3.63, 3.8) is 0 Å². The van der Waals surface area contributed by atoms with Gasteiger partial charge in [0.2, 0.25) is 0 Å². The van der Waals surface area contributed by atoms with E-state index < -0.39 is 11.6 Å². The molecule has 20 heavy (non-hydrogen) atoms. The molecule has 0 radical (unpaired) electrons. The molecule has 1 atom stereocenters. The summed E-state index contributed by atoms with van der Waals surface area (Å²) in [7, 11) is 1.72. The molecule has 0 spiro atoms. The minimum atomic E-state index is -0.964. The van der Waals surface area contributed by atoms with Crippen molar-refractivity contribution in [3.05, 3.63) is 66.7 Å². The lowest BCUT2D eigenvalue weighted by Crippen LogP contribution is -2.19. The van der Waals surface area contributed by atoms with Gasteiger partial charge in [0.05, 0.1) is 6.04 Å². The van der Waals surface area contributed by atoms with Crippen molar-refractivity contribution >= 4 is 45.8 Å². The van der Waals surface area contributed by atoms with Crippen molar-refractivity contribution in [3.8, 4) is 0 Å². The van der Waals surface area contributed by atoms with E-state index in [1.165, 1.54) is 0 Å². The maximum Gasteiger partial charge on any atom is 0.160 e. The second kappa shape index (κ2) is 6.56. The third kappa shape index (κ3) is 3.24. The van der Waals surface area contributed by atoms with Crippen LogP contribution in [0.5, 0.6) is 0 Å². The zero-order valence-corrected chi connectivity index (χ0v) is 14.0. The van der Waals surface area contributed by atoms with Crippen LogP contribution in [0.15, 0.2) is 30.3 Å². The fourth-order valence-corrected chi connectivity index (χ4v) is 3.06. The molecule has 0 aliphatic carbocycles. The average Bonchev–Trinajstić information content (AvgIpc) is 2.40. The molecule has 2 rings (SSSR count). The van der Waals surface area contributed by atoms with E-state index in [0.717, 1.165) is 21.3 Å². The summed E-state index contributed by atoms with van der Waals surface area (Å²) in [6.07, 6.45) is 0. The van der Waals surface area contributed by atoms with Crippen molar-refractivity contribution in [1.82, 2.24) is 5.32 Å². The number of rotatable bonds is 3. The first kappa shape index (κ1) is 15.9. The van der Waals surface area contributed by atoms with Crippen molar-refractivity contribution in [2.24, 2.45) is 0 Å². The first-order valence-corrected chi connectivity index (χ1v) is 7.54. The van der Waals surface area contributed by atoms with E-state index in [0.29, 0.717) is 10.6 Å². The summed E-state index contributed by atoms with van der Waals surface area (Å²) in [6, 6.07) is 7.12. The molecule has 1 unspecified atom stereocenters. The van der Waals surface area contributed by atoms with Gasteiger partial charge in [0.15, 0.2) is 11.6 Å². The second-order valence-electron chi connectivity index (χ2n) is 4.18. The van der Waals surface area contributed by atoms with E-state index in [2.05, 4.69) is 27.9 Å². The van der Waals surface area contributed by atoms with Crippen LogP contribution >= 0.6 is 45.8 Å². The summed E-state index contributed by atoms with van der Waals surface area (Å²) in [6.45, 7) is 0. The fraction of sp³-hybridized carbons (Fsp3) is 0.143. The highest BCUT2D eigenvalue weighted by Crippen LogP contribution is 2.33. The molecule has 0 bridgehead atoms. The Hall–Kier alpha value is -0.430. The van der Waals surface area contributed by atoms with E-state index in [-0.39, 0.29) is 11.1 Å². The van der Waals surface area contributed by atoms with Gasteiger partial charge in [-0.2, -0.15) is 0 Å². The number of hydrogen-bond acceptors (Lipinski definition) is 1. The lowest BCUT2D eigenvalue weighted by Gasteiger charge is -2.20. The molecule has 1 nitrogen and oxygen atoms in total. The lowest BCUT2D eigenvalue weighted by molar-refractivity contribution is 0.505. The SMILES string of the molecule is CNC(c1cc(F)c(F)cc1Cl)c1cc(Cl)ccc1I. The maximum atomic E-state index is 13.5. The maximum absolute atomic E-state index is 13.5. The Bertz CT molecular complexity index is 649. The van der Waals surface area contributed by atoms with E-state index in [1.54, 1.807) is 19.2 Å². The van der Waals surface area contributed by atoms with Gasteiger partial charge in [0.25, 0.3) is 0 Å². The van der Waals surface area contributed by atoms with Crippen LogP contribution in [-0.2, 0) is 0 Å². The van der Waals surface area contributed by atoms with E-state index in [1.807, 2.05) is 6.07 Å². The summed E-state index contributed by atoms with van der Waals surface area (Å²) in [5.74, 6) is -1.89. The summed E-state index contributed by atoms with van der Waals surface area (Å²) in [5.41, 5.74) is 1.32. The lowest BCUT2D eigenvalue weighted by atomic mass is 9.98. The van der Waals surface area contributed by atoms with Gasteiger partial charge in [0.1, 0.15) is 0 Å². The molecule has 0 aliphatic rings. The van der Waals surface area contributed by atoms with Gasteiger partial charge >= 0.3 is 0 Å². The highest BCUT2D eigenvalue weighted by Gasteiger charge is 2.20. The Morgan fingerprint density at radius 3 is 2.35 bits per heavy atom. The zero-order chi connectivity index (χ0) is 14.9. The van der Waals surface area contributed by atoms with Crippen LogP contribution in [-0.4, -0.2) is 7.05 Å². The molecular weight excluding hydrogens is 418 g/mol. The van der Waals surface area contributed by atoms with Gasteiger partial charge in [-0.1, -0.05) is 23.2 Å². The van der Waals surface area contributed by atoms with Gasteiger partial charge in [-0.15, -0.1) is 0 Å². The minimum Gasteiger partial charge on any atom is -0.309 e. The molecule has 0 aromatic heterocycles. The van der Waals surface area contributed by atoms with Crippen LogP contribution in [0.2, 0.25) is 10.0 Å². The average molecular weight is 428 g/mol. The normalized spacial score (nSPS) is 12.5. The number of halogens is 5. The molecule has 1 N–H and O–H groups in total. The third-order valence-corrected chi connectivity index (χ3v) is 4.45. The fourth-order valence-electron chi connectivity index (χ4n) is 1.97. The molecule has 0 aliphatic heterocycles. The summed E-state index contributed by atoms with van der Waals surface area (Å²) >= 11 is 14.2. The molecule has 6 heteroatoms. The van der Waals surface area contributed by atoms with Crippen molar-refractivity contribution in [2.45, 2.75) is 6.04 Å². The van der Waals surface area contributed by atoms with Gasteiger partial charge < -0.3 is 5.32 Å². The molecule has 0 saturated carbocycles. The minimum absolute atomic E-state index is 0.166. The predicted octanol–water partition coefficient (Wildman–Crippen LogP) is 5.19. The van der Waals surface area contributed by atoms with Crippen LogP contribution < -0.4 is 5.32 Å². The molecule has 0 heterocycles. The largest absolute Gasteiger partial charge is 0.309 e. The number of hydrogen-bond donors (Lipinski definition) is 1. The zero-order valence-electron chi connectivity index (χ0n) is 10.4. The smallest absolute Gasteiger partial charge is 0.160 e. The highest BCUT2D eigenvalue weighted by atomic mass is 127. The Morgan fingerprint density at radius 2 is 1.70 bits per heavy atom. The predicted molar refractivity (Wildman–Crippen MR) is 86.4 cm³/mol. The first-order valence-electron chi connectivity index (χ1n) is 5.70. The van der Waals surface area contributed by atoms with Gasteiger partial charge in [-0.25, -0.2) is 8.78 Å². The third-order valence-electron chi connectivity index (χ3n) is 2.91. The molecule has 0 saturated heterocycles. The quantitative estimate of drug-likeness (QED) is 0.525. The van der Waals surface area contributed by atoms with E-state index >= 15 is 0 Å². The first-order chi connectivity index (χ1) is 9.43. The monoisotopic (exact) mass is 427 g/mol. The van der Waals surface area contributed by atoms with Gasteiger partial charge in [0, 0.05) is 13.6 Å². The summed E-state index contributed by atoms with van der Waals surface area (Å²) in [5, 5.41) is 3.79. The van der Waals surface area contributed by atoms with Gasteiger partial charge in [-0.05, 0) is 71.1 Å². The van der Waals surface area contributed by atoms with Crippen molar-refractivity contribution < 1.29 is 8.78 Å². The van der Waals surface area contributed by atoms with Crippen molar-refractivity contribution in [1.29, 1.82) is 0 Å². The molecular formula is C14H10Cl2F2IN. The summed E-state index contributed by atoms with van der Waals surface area (Å²) in [4.78, 5) is 0. The number of benzene rings is 2. The topological polar surface area (TPSA) is 12.0 Å². The second-order valence-corrected chi connectivity index (χ2v) is 6.18. The highest BCUT2D eigenvalue weighted by molar-refractivity contribution is 14.1. The summed E-state index contributed by atoms with van der Waals surface area (Å²) < 4.78 is 27.6. The number of nitrogens with one attached hydrogen (secondary N) is 1.